The van der Waals surface area contributed by atoms with Gasteiger partial charge in [0.1, 0.15) is 0 Å². The van der Waals surface area contributed by atoms with Crippen LogP contribution in [0.5, 0.6) is 0 Å². The molecule has 0 aromatic heterocycles. The van der Waals surface area contributed by atoms with Gasteiger partial charge in [0.25, 0.3) is 0 Å². The number of nitriles is 1. The topological polar surface area (TPSA) is 93.4 Å². The first-order valence-electron chi connectivity index (χ1n) is 6.34. The summed E-state index contributed by atoms with van der Waals surface area (Å²) in [5.74, 6) is -1.18. The van der Waals surface area contributed by atoms with E-state index in [1.807, 2.05) is 6.07 Å². The van der Waals surface area contributed by atoms with Crippen molar-refractivity contribution in [3.8, 4) is 6.07 Å². The summed E-state index contributed by atoms with van der Waals surface area (Å²) in [5.41, 5.74) is 1.12. The lowest BCUT2D eigenvalue weighted by Gasteiger charge is -2.18. The van der Waals surface area contributed by atoms with E-state index in [4.69, 9.17) is 10.4 Å². The van der Waals surface area contributed by atoms with Gasteiger partial charge in [0.2, 0.25) is 5.91 Å². The first-order valence-corrected chi connectivity index (χ1v) is 6.34. The highest BCUT2D eigenvalue weighted by molar-refractivity contribution is 5.92. The number of rotatable bonds is 6. The third-order valence-corrected chi connectivity index (χ3v) is 3.05. The number of nitrogens with one attached hydrogen (secondary N) is 1. The number of hydrogen-bond donors (Lipinski definition) is 2. The minimum absolute atomic E-state index is 0.0664. The zero-order valence-corrected chi connectivity index (χ0v) is 10.9. The average molecular weight is 273 g/mol. The second-order valence-corrected chi connectivity index (χ2v) is 4.77. The summed E-state index contributed by atoms with van der Waals surface area (Å²) in [6, 6.07) is 8.73. The number of benzene rings is 1. The van der Waals surface area contributed by atoms with Crippen molar-refractivity contribution in [2.45, 2.75) is 18.9 Å². The van der Waals surface area contributed by atoms with Gasteiger partial charge in [0, 0.05) is 11.7 Å². The molecule has 1 aromatic rings. The number of hydrogen-bond acceptors (Lipinski definition) is 4. The Morgan fingerprint density at radius 2 is 1.95 bits per heavy atom. The lowest BCUT2D eigenvalue weighted by Crippen LogP contribution is -2.38. The molecule has 104 valence electrons. The van der Waals surface area contributed by atoms with Crippen LogP contribution in [0.2, 0.25) is 0 Å². The summed E-state index contributed by atoms with van der Waals surface area (Å²) in [4.78, 5) is 24.3. The van der Waals surface area contributed by atoms with Crippen LogP contribution in [0.1, 0.15) is 18.4 Å². The van der Waals surface area contributed by atoms with E-state index in [0.29, 0.717) is 11.3 Å². The van der Waals surface area contributed by atoms with Crippen LogP contribution in [0, 0.1) is 11.3 Å². The summed E-state index contributed by atoms with van der Waals surface area (Å²) >= 11 is 0. The Kier molecular flexibility index (Phi) is 4.33. The van der Waals surface area contributed by atoms with Crippen LogP contribution >= 0.6 is 0 Å². The maximum atomic E-state index is 11.9. The van der Waals surface area contributed by atoms with Gasteiger partial charge < -0.3 is 10.4 Å². The van der Waals surface area contributed by atoms with Gasteiger partial charge in [-0.2, -0.15) is 5.26 Å². The Labute approximate surface area is 116 Å². The fourth-order valence-electron chi connectivity index (χ4n) is 1.94. The fraction of sp³-hybridized carbons (Fsp3) is 0.357. The maximum Gasteiger partial charge on any atom is 0.317 e. The quantitative estimate of drug-likeness (QED) is 0.808. The van der Waals surface area contributed by atoms with Crippen LogP contribution in [-0.4, -0.2) is 41.0 Å². The SMILES string of the molecule is N#Cc1ccc(NC(=O)CN(CC(=O)O)C2CC2)cc1. The molecule has 2 rings (SSSR count). The van der Waals surface area contributed by atoms with Gasteiger partial charge in [-0.1, -0.05) is 0 Å². The van der Waals surface area contributed by atoms with Gasteiger partial charge in [-0.25, -0.2) is 0 Å². The number of carboxylic acids is 1. The van der Waals surface area contributed by atoms with Gasteiger partial charge >= 0.3 is 5.97 Å². The normalized spacial score (nSPS) is 13.8. The minimum atomic E-state index is -0.928. The molecule has 1 amide bonds. The van der Waals surface area contributed by atoms with Crippen LogP contribution in [0.25, 0.3) is 0 Å². The highest BCUT2D eigenvalue weighted by atomic mass is 16.4. The van der Waals surface area contributed by atoms with E-state index in [9.17, 15) is 9.59 Å². The van der Waals surface area contributed by atoms with Gasteiger partial charge in [-0.15, -0.1) is 0 Å². The lowest BCUT2D eigenvalue weighted by atomic mass is 10.2. The Hall–Kier alpha value is -2.39. The first kappa shape index (κ1) is 14.0. The van der Waals surface area contributed by atoms with Crippen molar-refractivity contribution in [2.75, 3.05) is 18.4 Å². The molecule has 0 spiro atoms. The van der Waals surface area contributed by atoms with Crippen molar-refractivity contribution < 1.29 is 14.7 Å². The van der Waals surface area contributed by atoms with Crippen molar-refractivity contribution in [1.29, 1.82) is 5.26 Å². The van der Waals surface area contributed by atoms with Crippen molar-refractivity contribution in [2.24, 2.45) is 0 Å². The molecule has 0 unspecified atom stereocenters. The fourth-order valence-corrected chi connectivity index (χ4v) is 1.94. The number of nitrogens with zero attached hydrogens (tertiary/aromatic N) is 2. The van der Waals surface area contributed by atoms with E-state index >= 15 is 0 Å². The van der Waals surface area contributed by atoms with Crippen LogP contribution in [0.15, 0.2) is 24.3 Å². The van der Waals surface area contributed by atoms with E-state index in [1.54, 1.807) is 29.2 Å². The summed E-state index contributed by atoms with van der Waals surface area (Å²) in [5, 5.41) is 20.2. The maximum absolute atomic E-state index is 11.9. The molecule has 0 aliphatic heterocycles. The molecular formula is C14H15N3O3. The number of carbonyl (C=O) groups excluding carboxylic acids is 1. The van der Waals surface area contributed by atoms with Crippen molar-refractivity contribution in [1.82, 2.24) is 4.90 Å². The largest absolute Gasteiger partial charge is 0.480 e. The molecule has 1 aliphatic carbocycles. The smallest absolute Gasteiger partial charge is 0.317 e. The number of amides is 1. The second kappa shape index (κ2) is 6.17. The number of aliphatic carboxylic acids is 1. The van der Waals surface area contributed by atoms with E-state index in [0.717, 1.165) is 12.8 Å². The highest BCUT2D eigenvalue weighted by Crippen LogP contribution is 2.26. The summed E-state index contributed by atoms with van der Waals surface area (Å²) in [7, 11) is 0. The number of carboxylic acid groups (broad SMARTS) is 1. The molecule has 1 aliphatic rings. The Balaban J connectivity index is 1.90. The molecule has 2 N–H and O–H groups in total. The predicted octanol–water partition coefficient (Wildman–Crippen LogP) is 1.05. The second-order valence-electron chi connectivity index (χ2n) is 4.77. The number of carbonyl (C=O) groups is 2. The summed E-state index contributed by atoms with van der Waals surface area (Å²) in [6.07, 6.45) is 1.88. The monoisotopic (exact) mass is 273 g/mol. The molecule has 6 heteroatoms. The summed E-state index contributed by atoms with van der Waals surface area (Å²) < 4.78 is 0. The van der Waals surface area contributed by atoms with Crippen molar-refractivity contribution in [3.05, 3.63) is 29.8 Å². The van der Waals surface area contributed by atoms with Gasteiger partial charge in [-0.05, 0) is 37.1 Å². The first-order chi connectivity index (χ1) is 9.58. The molecule has 0 heterocycles. The molecule has 0 bridgehead atoms. The lowest BCUT2D eigenvalue weighted by molar-refractivity contribution is -0.138. The zero-order chi connectivity index (χ0) is 14.5. The number of anilines is 1. The Morgan fingerprint density at radius 3 is 2.45 bits per heavy atom. The molecule has 1 fully saturated rings. The zero-order valence-electron chi connectivity index (χ0n) is 10.9. The van der Waals surface area contributed by atoms with Crippen LogP contribution in [0.3, 0.4) is 0 Å². The molecule has 0 radical (unpaired) electrons. The van der Waals surface area contributed by atoms with Gasteiger partial charge in [-0.3, -0.25) is 14.5 Å². The van der Waals surface area contributed by atoms with Crippen LogP contribution in [-0.2, 0) is 9.59 Å². The van der Waals surface area contributed by atoms with Gasteiger partial charge in [0.05, 0.1) is 24.7 Å². The van der Waals surface area contributed by atoms with Gasteiger partial charge in [0.15, 0.2) is 0 Å². The Bertz CT molecular complexity index is 544. The highest BCUT2D eigenvalue weighted by Gasteiger charge is 2.31. The molecule has 1 saturated carbocycles. The van der Waals surface area contributed by atoms with E-state index in [2.05, 4.69) is 5.32 Å². The Morgan fingerprint density at radius 1 is 1.30 bits per heavy atom. The molecule has 1 aromatic carbocycles. The molecule has 0 atom stereocenters. The molecule has 20 heavy (non-hydrogen) atoms. The predicted molar refractivity (Wildman–Crippen MR) is 72.0 cm³/mol. The minimum Gasteiger partial charge on any atom is -0.480 e. The van der Waals surface area contributed by atoms with Crippen LogP contribution in [0.4, 0.5) is 5.69 Å². The van der Waals surface area contributed by atoms with E-state index in [1.165, 1.54) is 0 Å². The third-order valence-electron chi connectivity index (χ3n) is 3.05. The average Bonchev–Trinajstić information content (AvgIpc) is 3.22. The van der Waals surface area contributed by atoms with Crippen molar-refractivity contribution >= 4 is 17.6 Å². The van der Waals surface area contributed by atoms with Crippen LogP contribution < -0.4 is 5.32 Å². The van der Waals surface area contributed by atoms with Crippen molar-refractivity contribution in [3.63, 3.8) is 0 Å². The molecular weight excluding hydrogens is 258 g/mol. The summed E-state index contributed by atoms with van der Waals surface area (Å²) in [6.45, 7) is -0.0531. The third kappa shape index (κ3) is 4.07. The molecule has 6 nitrogen and oxygen atoms in total. The van der Waals surface area contributed by atoms with E-state index in [-0.39, 0.29) is 25.0 Å². The standard InChI is InChI=1S/C14H15N3O3/c15-7-10-1-3-11(4-2-10)16-13(18)8-17(9-14(19)20)12-5-6-12/h1-4,12H,5-6,8-9H2,(H,16,18)(H,19,20). The van der Waals surface area contributed by atoms with E-state index < -0.39 is 5.97 Å². The molecule has 0 saturated heterocycles.